The number of hydrogen-bond donors (Lipinski definition) is 1. The Morgan fingerprint density at radius 3 is 2.46 bits per heavy atom. The molecule has 1 N–H and O–H groups in total. The number of ether oxygens (including phenoxy) is 1. The van der Waals surface area contributed by atoms with Crippen molar-refractivity contribution in [3.63, 3.8) is 0 Å². The Balaban J connectivity index is 2.36. The predicted molar refractivity (Wildman–Crippen MR) is 91.7 cm³/mol. The number of amides is 1. The molecule has 0 spiro atoms. The number of nitrogens with one attached hydrogen (secondary N) is 1. The van der Waals surface area contributed by atoms with E-state index in [1.54, 1.807) is 12.1 Å². The number of anilines is 1. The number of allylic oxidation sites excluding steroid dienone is 1. The summed E-state index contributed by atoms with van der Waals surface area (Å²) >= 11 is 0. The molecule has 0 saturated heterocycles. The summed E-state index contributed by atoms with van der Waals surface area (Å²) in [5.74, 6) is -3.55. The smallest absolute Gasteiger partial charge is 0.274 e. The summed E-state index contributed by atoms with van der Waals surface area (Å²) in [6.45, 7) is 6.46. The molecule has 0 unspecified atom stereocenters. The highest BCUT2D eigenvalue weighted by molar-refractivity contribution is 6.05. The fourth-order valence-corrected chi connectivity index (χ4v) is 2.35. The molecular formula is C19H19F2NO2. The first-order valence-electron chi connectivity index (χ1n) is 7.36. The molecule has 0 bridgehead atoms. The summed E-state index contributed by atoms with van der Waals surface area (Å²) < 4.78 is 32.4. The van der Waals surface area contributed by atoms with Crippen LogP contribution in [0.15, 0.2) is 49.0 Å². The highest BCUT2D eigenvalue weighted by atomic mass is 19.3. The van der Waals surface area contributed by atoms with Crippen molar-refractivity contribution in [1.29, 1.82) is 0 Å². The van der Waals surface area contributed by atoms with Gasteiger partial charge in [-0.05, 0) is 36.8 Å². The molecule has 2 aromatic carbocycles. The zero-order valence-electron chi connectivity index (χ0n) is 13.8. The quantitative estimate of drug-likeness (QED) is 0.828. The second-order valence-electron chi connectivity index (χ2n) is 5.58. The molecule has 1 amide bonds. The maximum atomic E-state index is 13.7. The first-order chi connectivity index (χ1) is 11.2. The highest BCUT2D eigenvalue weighted by Gasteiger charge is 2.29. The predicted octanol–water partition coefficient (Wildman–Crippen LogP) is 5.09. The summed E-state index contributed by atoms with van der Waals surface area (Å²) in [6.07, 6.45) is 0. The second-order valence-corrected chi connectivity index (χ2v) is 5.58. The van der Waals surface area contributed by atoms with E-state index in [0.717, 1.165) is 24.1 Å². The fourth-order valence-electron chi connectivity index (χ4n) is 2.35. The van der Waals surface area contributed by atoms with Crippen molar-refractivity contribution in [1.82, 2.24) is 0 Å². The minimum Gasteiger partial charge on any atom is -0.496 e. The van der Waals surface area contributed by atoms with Crippen LogP contribution in [0, 0.1) is 0 Å². The van der Waals surface area contributed by atoms with Crippen LogP contribution in [0.4, 0.5) is 14.5 Å². The van der Waals surface area contributed by atoms with Gasteiger partial charge in [0, 0.05) is 23.7 Å². The third kappa shape index (κ3) is 3.79. The van der Waals surface area contributed by atoms with Crippen LogP contribution in [0.3, 0.4) is 0 Å². The van der Waals surface area contributed by atoms with Gasteiger partial charge in [0.2, 0.25) is 0 Å². The first-order valence-corrected chi connectivity index (χ1v) is 7.36. The van der Waals surface area contributed by atoms with Crippen molar-refractivity contribution in [2.24, 2.45) is 0 Å². The van der Waals surface area contributed by atoms with E-state index in [-0.39, 0.29) is 16.9 Å². The number of halogens is 2. The Morgan fingerprint density at radius 1 is 1.21 bits per heavy atom. The second kappa shape index (κ2) is 6.83. The van der Waals surface area contributed by atoms with Crippen LogP contribution in [-0.4, -0.2) is 13.0 Å². The van der Waals surface area contributed by atoms with Gasteiger partial charge in [-0.1, -0.05) is 24.8 Å². The van der Waals surface area contributed by atoms with E-state index in [2.05, 4.69) is 11.9 Å². The van der Waals surface area contributed by atoms with Gasteiger partial charge in [0.25, 0.3) is 11.8 Å². The summed E-state index contributed by atoms with van der Waals surface area (Å²) in [5, 5.41) is 2.74. The Kier molecular flexibility index (Phi) is 5.02. The number of para-hydroxylation sites is 1. The molecule has 2 rings (SSSR count). The number of hydrogen-bond acceptors (Lipinski definition) is 2. The van der Waals surface area contributed by atoms with Crippen LogP contribution in [-0.2, 0) is 5.92 Å². The Labute approximate surface area is 140 Å². The maximum absolute atomic E-state index is 13.7. The SMILES string of the molecule is C=C(C)c1ccccc1NC(=O)c1ccc(OC)c(C(C)(F)F)c1. The van der Waals surface area contributed by atoms with Gasteiger partial charge in [-0.25, -0.2) is 8.78 Å². The van der Waals surface area contributed by atoms with Gasteiger partial charge >= 0.3 is 0 Å². The topological polar surface area (TPSA) is 38.3 Å². The van der Waals surface area contributed by atoms with E-state index in [0.29, 0.717) is 5.69 Å². The minimum atomic E-state index is -3.11. The largest absolute Gasteiger partial charge is 0.496 e. The average Bonchev–Trinajstić information content (AvgIpc) is 2.53. The lowest BCUT2D eigenvalue weighted by Crippen LogP contribution is -2.16. The molecule has 126 valence electrons. The van der Waals surface area contributed by atoms with Crippen molar-refractivity contribution in [2.75, 3.05) is 12.4 Å². The lowest BCUT2D eigenvalue weighted by atomic mass is 10.0. The Hall–Kier alpha value is -2.69. The molecule has 5 heteroatoms. The first kappa shape index (κ1) is 17.7. The molecular weight excluding hydrogens is 312 g/mol. The van der Waals surface area contributed by atoms with E-state index < -0.39 is 11.8 Å². The zero-order chi connectivity index (χ0) is 17.9. The standard InChI is InChI=1S/C19H19F2NO2/c1-12(2)14-7-5-6-8-16(14)22-18(23)13-9-10-17(24-4)15(11-13)19(3,20)21/h5-11H,1H2,2-4H3,(H,22,23). The lowest BCUT2D eigenvalue weighted by Gasteiger charge is -2.16. The summed E-state index contributed by atoms with van der Waals surface area (Å²) in [4.78, 5) is 12.4. The highest BCUT2D eigenvalue weighted by Crippen LogP contribution is 2.35. The molecule has 0 saturated carbocycles. The minimum absolute atomic E-state index is 0.0430. The Bertz CT molecular complexity index is 779. The van der Waals surface area contributed by atoms with Crippen LogP contribution in [0.1, 0.15) is 35.3 Å². The van der Waals surface area contributed by atoms with Crippen LogP contribution in [0.5, 0.6) is 5.75 Å². The summed E-state index contributed by atoms with van der Waals surface area (Å²) in [5.41, 5.74) is 1.96. The molecule has 2 aromatic rings. The van der Waals surface area contributed by atoms with E-state index in [4.69, 9.17) is 4.74 Å². The lowest BCUT2D eigenvalue weighted by molar-refractivity contribution is 0.0150. The molecule has 0 heterocycles. The molecule has 0 aliphatic carbocycles. The Morgan fingerprint density at radius 2 is 1.88 bits per heavy atom. The van der Waals surface area contributed by atoms with Crippen LogP contribution in [0.2, 0.25) is 0 Å². The van der Waals surface area contributed by atoms with E-state index in [9.17, 15) is 13.6 Å². The fraction of sp³-hybridized carbons (Fsp3) is 0.211. The van der Waals surface area contributed by atoms with Crippen molar-refractivity contribution in [2.45, 2.75) is 19.8 Å². The van der Waals surface area contributed by atoms with Crippen LogP contribution >= 0.6 is 0 Å². The number of carbonyl (C=O) groups excluding carboxylic acids is 1. The van der Waals surface area contributed by atoms with Gasteiger partial charge < -0.3 is 10.1 Å². The van der Waals surface area contributed by atoms with Crippen molar-refractivity contribution < 1.29 is 18.3 Å². The number of rotatable bonds is 5. The van der Waals surface area contributed by atoms with Gasteiger partial charge in [-0.2, -0.15) is 0 Å². The average molecular weight is 331 g/mol. The van der Waals surface area contributed by atoms with Crippen molar-refractivity contribution in [3.05, 3.63) is 65.7 Å². The monoisotopic (exact) mass is 331 g/mol. The van der Waals surface area contributed by atoms with Crippen molar-refractivity contribution >= 4 is 17.2 Å². The summed E-state index contributed by atoms with van der Waals surface area (Å²) in [7, 11) is 1.31. The maximum Gasteiger partial charge on any atom is 0.274 e. The van der Waals surface area contributed by atoms with Crippen LogP contribution < -0.4 is 10.1 Å². The third-order valence-corrected chi connectivity index (χ3v) is 3.57. The van der Waals surface area contributed by atoms with Gasteiger partial charge in [-0.3, -0.25) is 4.79 Å². The van der Waals surface area contributed by atoms with E-state index >= 15 is 0 Å². The summed E-state index contributed by atoms with van der Waals surface area (Å²) in [6, 6.07) is 11.2. The molecule has 24 heavy (non-hydrogen) atoms. The normalized spacial score (nSPS) is 11.0. The van der Waals surface area contributed by atoms with Gasteiger partial charge in [-0.15, -0.1) is 0 Å². The molecule has 0 atom stereocenters. The van der Waals surface area contributed by atoms with E-state index in [1.807, 2.05) is 19.1 Å². The number of alkyl halides is 2. The van der Waals surface area contributed by atoms with E-state index in [1.165, 1.54) is 19.2 Å². The van der Waals surface area contributed by atoms with Crippen molar-refractivity contribution in [3.8, 4) is 5.75 Å². The van der Waals surface area contributed by atoms with Crippen LogP contribution in [0.25, 0.3) is 5.57 Å². The number of methoxy groups -OCH3 is 1. The molecule has 0 fully saturated rings. The number of carbonyl (C=O) groups is 1. The zero-order valence-corrected chi connectivity index (χ0v) is 13.8. The number of benzene rings is 2. The van der Waals surface area contributed by atoms with Gasteiger partial charge in [0.15, 0.2) is 0 Å². The van der Waals surface area contributed by atoms with Gasteiger partial charge in [0.05, 0.1) is 12.7 Å². The molecule has 0 aliphatic heterocycles. The molecule has 0 aromatic heterocycles. The molecule has 0 aliphatic rings. The molecule has 0 radical (unpaired) electrons. The third-order valence-electron chi connectivity index (χ3n) is 3.57. The molecule has 3 nitrogen and oxygen atoms in total. The van der Waals surface area contributed by atoms with Gasteiger partial charge in [0.1, 0.15) is 5.75 Å².